The van der Waals surface area contributed by atoms with Crippen molar-refractivity contribution in [2.75, 3.05) is 26.1 Å². The zero-order valence-electron chi connectivity index (χ0n) is 45.8. The Bertz CT molecular complexity index is 3020. The summed E-state index contributed by atoms with van der Waals surface area (Å²) in [5, 5.41) is 28.9. The first-order valence-electron chi connectivity index (χ1n) is 25.7. The summed E-state index contributed by atoms with van der Waals surface area (Å²) in [5.74, 6) is -10.6. The summed E-state index contributed by atoms with van der Waals surface area (Å²) in [4.78, 5) is 125. The molecule has 1 heterocycles. The van der Waals surface area contributed by atoms with Crippen molar-refractivity contribution in [3.63, 3.8) is 0 Å². The lowest BCUT2D eigenvalue weighted by Crippen LogP contribution is -2.82. The minimum Gasteiger partial charge on any atom is -0.748 e. The summed E-state index contributed by atoms with van der Waals surface area (Å²) >= 11 is 0. The van der Waals surface area contributed by atoms with Crippen molar-refractivity contribution >= 4 is 63.6 Å². The Morgan fingerprint density at radius 1 is 0.827 bits per heavy atom. The molecule has 3 aromatic rings. The number of hydrogen-bond donors (Lipinski definition) is 4. The molecule has 3 aromatic carbocycles. The number of Topliss-reactive ketones (excluding diaryl/α,β-unsaturated/α-hetero) is 1. The van der Waals surface area contributed by atoms with Crippen LogP contribution in [0.1, 0.15) is 100 Å². The van der Waals surface area contributed by atoms with Gasteiger partial charge in [-0.05, 0) is 61.7 Å². The van der Waals surface area contributed by atoms with E-state index in [0.29, 0.717) is 6.26 Å². The first-order chi connectivity index (χ1) is 37.9. The molecule has 4 aliphatic rings. The molecule has 12 atom stereocenters. The molecule has 0 spiro atoms. The number of nitrogens with one attached hydrogen (secondary N) is 1. The molecule has 1 saturated heterocycles. The van der Waals surface area contributed by atoms with Crippen molar-refractivity contribution in [1.29, 1.82) is 0 Å². The molecule has 0 radical (unpaired) electrons. The van der Waals surface area contributed by atoms with E-state index < -0.39 is 160 Å². The van der Waals surface area contributed by atoms with E-state index in [4.69, 9.17) is 50.9 Å². The number of aliphatic hydroxyl groups excluding tert-OH is 1. The Morgan fingerprint density at radius 2 is 1.40 bits per heavy atom. The molecule has 3 aliphatic carbocycles. The van der Waals surface area contributed by atoms with Gasteiger partial charge >= 0.3 is 41.8 Å². The van der Waals surface area contributed by atoms with Crippen molar-refractivity contribution in [3.8, 4) is 0 Å². The Balaban J connectivity index is 0.00000202. The molecule has 438 valence electrons. The van der Waals surface area contributed by atoms with Gasteiger partial charge in [0.05, 0.1) is 46.3 Å². The van der Waals surface area contributed by atoms with Crippen molar-refractivity contribution in [2.45, 2.75) is 128 Å². The number of ether oxygens (including phenoxy) is 8. The van der Waals surface area contributed by atoms with Crippen LogP contribution in [-0.2, 0) is 81.6 Å². The number of carbonyl (C=O) groups is 9. The van der Waals surface area contributed by atoms with Crippen LogP contribution in [0.2, 0.25) is 0 Å². The standard InChI is InChI=1S/C55H62N2O19.CH4O3S/c1-8-69-50(66)35(56)24-39(61)70-27-40(62)74-44(42(32-18-12-9-13-19-32)57-48(64)33-20-14-10-15-21-33)51(67)73-36-26-55(68)47(75-49(65)34-22-16-11-17-23-34)45-53(7,37(60)25-38-54(45,28-71-38)76-31(4)59)46(63)43(72-30(3)58)41(29(36)2)52(55,5)6;1-5(2,3)4/h9-23,35-38,42-45,47,60,68H,8,24-28,56H2,1-7H3,(H,57,64);1H3,(H,2,3,4)/t35-,36-,37-,38+,42-,43+,44+,45-,47-,53+,54-,55+;/m0./s1. The van der Waals surface area contributed by atoms with Crippen molar-refractivity contribution in [3.05, 3.63) is 119 Å². The molecule has 1 amide bonds. The van der Waals surface area contributed by atoms with E-state index in [9.17, 15) is 43.8 Å². The zero-order valence-corrected chi connectivity index (χ0v) is 46.6. The molecule has 1 aliphatic heterocycles. The maximum atomic E-state index is 15.8. The van der Waals surface area contributed by atoms with E-state index in [-0.39, 0.29) is 47.5 Å². The highest BCUT2D eigenvalue weighted by Crippen LogP contribution is 2.64. The second-order valence-electron chi connectivity index (χ2n) is 20.8. The largest absolute Gasteiger partial charge is 0.748 e. The third-order valence-electron chi connectivity index (χ3n) is 15.1. The molecule has 7 rings (SSSR count). The summed E-state index contributed by atoms with van der Waals surface area (Å²) < 4.78 is 73.8. The lowest BCUT2D eigenvalue weighted by atomic mass is 9.44. The molecular weight excluding hydrogens is 1080 g/mol. The minimum absolute atomic E-state index is 0.00633. The monoisotopic (exact) mass is 1150 g/mol. The highest BCUT2D eigenvalue weighted by atomic mass is 32.2. The number of rotatable bonds is 17. The van der Waals surface area contributed by atoms with Crippen molar-refractivity contribution < 1.29 is 110 Å². The number of aliphatic hydroxyl groups is 2. The summed E-state index contributed by atoms with van der Waals surface area (Å²) in [6.45, 7) is 8.08. The molecule has 0 aromatic heterocycles. The fraction of sp³-hybridized carbons (Fsp3) is 0.482. The van der Waals surface area contributed by atoms with E-state index in [1.807, 2.05) is 0 Å². The van der Waals surface area contributed by atoms with Crippen LogP contribution in [0.3, 0.4) is 0 Å². The molecule has 6 N–H and O–H groups in total. The third kappa shape index (κ3) is 13.5. The van der Waals surface area contributed by atoms with Crippen molar-refractivity contribution in [2.24, 2.45) is 16.7 Å². The quantitative estimate of drug-likeness (QED) is 0.0645. The molecule has 25 heteroatoms. The number of carbonyl (C=O) groups excluding carboxylic acids is 9. The second kappa shape index (κ2) is 25.2. The molecule has 81 heavy (non-hydrogen) atoms. The van der Waals surface area contributed by atoms with Gasteiger partial charge in [-0.3, -0.25) is 24.0 Å². The van der Waals surface area contributed by atoms with Gasteiger partial charge in [0.15, 0.2) is 30.1 Å². The summed E-state index contributed by atoms with van der Waals surface area (Å²) in [7, 11) is -3.92. The maximum absolute atomic E-state index is 15.8. The highest BCUT2D eigenvalue weighted by molar-refractivity contribution is 7.84. The lowest BCUT2D eigenvalue weighted by Gasteiger charge is -2.67. The van der Waals surface area contributed by atoms with Crippen LogP contribution in [0.4, 0.5) is 0 Å². The number of fused-ring (bicyclic) bond motifs is 5. The number of ketones is 1. The highest BCUT2D eigenvalue weighted by Gasteiger charge is 2.78. The van der Waals surface area contributed by atoms with Gasteiger partial charge in [-0.15, -0.1) is 0 Å². The Morgan fingerprint density at radius 3 is 1.93 bits per heavy atom. The Kier molecular flexibility index (Phi) is 19.5. The number of esters is 7. The molecule has 24 nitrogen and oxygen atoms in total. The van der Waals surface area contributed by atoms with Gasteiger partial charge in [-0.25, -0.2) is 27.6 Å². The summed E-state index contributed by atoms with van der Waals surface area (Å²) in [5.41, 5.74) is -4.44. The van der Waals surface area contributed by atoms with Gasteiger partial charge in [0.1, 0.15) is 36.4 Å². The van der Waals surface area contributed by atoms with E-state index >= 15 is 9.59 Å². The van der Waals surface area contributed by atoms with Gasteiger partial charge in [0, 0.05) is 43.9 Å². The van der Waals surface area contributed by atoms with Crippen LogP contribution in [-0.4, -0.2) is 157 Å². The summed E-state index contributed by atoms with van der Waals surface area (Å²) in [6, 6.07) is 20.6. The second-order valence-corrected chi connectivity index (χ2v) is 22.2. The third-order valence-corrected chi connectivity index (χ3v) is 15.1. The predicted molar refractivity (Wildman–Crippen MR) is 276 cm³/mol. The number of hydrogen-bond acceptors (Lipinski definition) is 22. The van der Waals surface area contributed by atoms with Crippen LogP contribution < -0.4 is 11.1 Å². The topological polar surface area (TPSA) is 365 Å². The smallest absolute Gasteiger partial charge is 0.365 e. The van der Waals surface area contributed by atoms with Gasteiger partial charge in [0.2, 0.25) is 6.10 Å². The molecule has 2 saturated carbocycles. The average molecular weight is 1150 g/mol. The maximum Gasteiger partial charge on any atom is 0.365 e. The van der Waals surface area contributed by atoms with Crippen LogP contribution in [0.5, 0.6) is 0 Å². The number of benzene rings is 3. The van der Waals surface area contributed by atoms with Crippen molar-refractivity contribution in [1.82, 2.24) is 5.32 Å². The minimum atomic E-state index is -3.92. The Labute approximate surface area is 466 Å². The van der Waals surface area contributed by atoms with Crippen LogP contribution in [0, 0.1) is 16.7 Å². The normalized spacial score (nSPS) is 27.3. The average Bonchev–Trinajstić information content (AvgIpc) is 3.39. The van der Waals surface area contributed by atoms with E-state index in [1.54, 1.807) is 61.5 Å². The zero-order chi connectivity index (χ0) is 60.0. The molecular formula is C56H66N2O22S. The molecule has 0 unspecified atom stereocenters. The number of amides is 1. The van der Waals surface area contributed by atoms with Crippen LogP contribution in [0.25, 0.3) is 0 Å². The van der Waals surface area contributed by atoms with E-state index in [0.717, 1.165) is 13.8 Å². The van der Waals surface area contributed by atoms with E-state index in [1.165, 1.54) is 64.1 Å². The molecule has 2 bridgehead atoms. The van der Waals surface area contributed by atoms with Gasteiger partial charge in [-0.1, -0.05) is 80.6 Å². The first kappa shape index (κ1) is 62.8. The number of quaternary nitrogens is 1. The lowest BCUT2D eigenvalue weighted by molar-refractivity contribution is -0.407. The SMILES string of the molecule is CCOC(=O)[C@@H]([NH3+])CC(=O)OCC(=O)O[C@@H](C(=O)O[C@H]1C[C@@]2(O)[C@@H](OC(=O)c3ccccc3)[C@@H]3[C@]4(OC(C)=O)CO[C@@H]4C[C@H](O)[C@@]3(C)C(=O)[C@H](OC(C)=O)C(=C1C)C2(C)C)[C@@H](NC(=O)c1ccccc1)c1ccccc1.CS(=O)(=O)[O-]. The first-order valence-corrected chi connectivity index (χ1v) is 27.5. The fourth-order valence-electron chi connectivity index (χ4n) is 11.2. The molecule has 3 fully saturated rings. The van der Waals surface area contributed by atoms with Crippen LogP contribution in [0.15, 0.2) is 102 Å². The van der Waals surface area contributed by atoms with Gasteiger partial charge in [0.25, 0.3) is 5.91 Å². The van der Waals surface area contributed by atoms with Gasteiger partial charge in [-0.2, -0.15) is 0 Å². The summed E-state index contributed by atoms with van der Waals surface area (Å²) in [6.07, 6.45) is -11.4. The van der Waals surface area contributed by atoms with Gasteiger partial charge < -0.3 is 63.7 Å². The Hall–Kier alpha value is -7.42. The predicted octanol–water partition coefficient (Wildman–Crippen LogP) is 1.55. The van der Waals surface area contributed by atoms with Crippen LogP contribution >= 0.6 is 0 Å². The van der Waals surface area contributed by atoms with E-state index in [2.05, 4.69) is 11.1 Å². The fourth-order valence-corrected chi connectivity index (χ4v) is 11.2.